The van der Waals surface area contributed by atoms with Crippen molar-refractivity contribution in [2.45, 2.75) is 26.1 Å². The van der Waals surface area contributed by atoms with Gasteiger partial charge in [-0.25, -0.2) is 4.98 Å². The van der Waals surface area contributed by atoms with Gasteiger partial charge < -0.3 is 9.84 Å². The fourth-order valence-electron chi connectivity index (χ4n) is 2.83. The van der Waals surface area contributed by atoms with Crippen molar-refractivity contribution >= 4 is 0 Å². The first-order valence-electron chi connectivity index (χ1n) is 7.60. The second-order valence-electron chi connectivity index (χ2n) is 5.77. The zero-order chi connectivity index (χ0) is 15.5. The normalized spacial score (nSPS) is 21.0. The van der Waals surface area contributed by atoms with E-state index in [4.69, 9.17) is 4.74 Å². The fraction of sp³-hybridized carbons (Fsp3) is 0.500. The quantitative estimate of drug-likeness (QED) is 0.896. The highest BCUT2D eigenvalue weighted by Gasteiger charge is 2.26. The lowest BCUT2D eigenvalue weighted by Gasteiger charge is -2.33. The molecule has 1 fully saturated rings. The van der Waals surface area contributed by atoms with Crippen molar-refractivity contribution in [2.24, 2.45) is 0 Å². The topological polar surface area (TPSA) is 74.3 Å². The van der Waals surface area contributed by atoms with Crippen molar-refractivity contribution in [3.8, 4) is 0 Å². The zero-order valence-electron chi connectivity index (χ0n) is 13.0. The third kappa shape index (κ3) is 3.35. The van der Waals surface area contributed by atoms with Gasteiger partial charge >= 0.3 is 0 Å². The van der Waals surface area contributed by atoms with Crippen LogP contribution in [0.1, 0.15) is 35.0 Å². The van der Waals surface area contributed by atoms with Crippen molar-refractivity contribution in [2.75, 3.05) is 26.2 Å². The molecule has 1 aromatic carbocycles. The molecule has 0 bridgehead atoms. The maximum atomic E-state index is 10.5. The number of hydrogen-bond donors (Lipinski definition) is 2. The monoisotopic (exact) mass is 302 g/mol. The van der Waals surface area contributed by atoms with Gasteiger partial charge in [-0.2, -0.15) is 5.10 Å². The zero-order valence-corrected chi connectivity index (χ0v) is 13.0. The number of H-pyrrole nitrogens is 1. The minimum atomic E-state index is -0.492. The minimum Gasteiger partial charge on any atom is -0.387 e. The maximum absolute atomic E-state index is 10.5. The molecule has 3 rings (SSSR count). The lowest BCUT2D eigenvalue weighted by Crippen LogP contribution is -2.41. The Hall–Kier alpha value is -1.76. The number of hydrogen-bond acceptors (Lipinski definition) is 5. The van der Waals surface area contributed by atoms with Crippen molar-refractivity contribution in [1.29, 1.82) is 0 Å². The maximum Gasteiger partial charge on any atom is 0.180 e. The Morgan fingerprint density at radius 2 is 2.23 bits per heavy atom. The molecule has 1 aliphatic heterocycles. The summed E-state index contributed by atoms with van der Waals surface area (Å²) in [4.78, 5) is 6.54. The number of β-amino-alcohol motifs (C(OH)–C–C–N with tert-alkyl or cyclic N) is 1. The van der Waals surface area contributed by atoms with Gasteiger partial charge in [0, 0.05) is 19.6 Å². The van der Waals surface area contributed by atoms with Crippen LogP contribution in [0.5, 0.6) is 0 Å². The van der Waals surface area contributed by atoms with Crippen LogP contribution < -0.4 is 0 Å². The van der Waals surface area contributed by atoms with Crippen molar-refractivity contribution < 1.29 is 9.84 Å². The van der Waals surface area contributed by atoms with Gasteiger partial charge in [0.25, 0.3) is 0 Å². The van der Waals surface area contributed by atoms with E-state index in [0.29, 0.717) is 25.5 Å². The van der Waals surface area contributed by atoms with Crippen LogP contribution in [0.15, 0.2) is 24.3 Å². The molecule has 2 heterocycles. The van der Waals surface area contributed by atoms with Crippen molar-refractivity contribution in [1.82, 2.24) is 20.1 Å². The van der Waals surface area contributed by atoms with E-state index in [9.17, 15) is 5.11 Å². The molecule has 6 heteroatoms. The summed E-state index contributed by atoms with van der Waals surface area (Å²) < 4.78 is 5.75. The number of aliphatic hydroxyl groups is 1. The van der Waals surface area contributed by atoms with E-state index in [1.54, 1.807) is 0 Å². The van der Waals surface area contributed by atoms with Crippen LogP contribution in [-0.2, 0) is 4.74 Å². The van der Waals surface area contributed by atoms with Crippen molar-refractivity contribution in [3.63, 3.8) is 0 Å². The number of nitrogens with one attached hydrogen (secondary N) is 1. The van der Waals surface area contributed by atoms with E-state index in [0.717, 1.165) is 23.5 Å². The van der Waals surface area contributed by atoms with Gasteiger partial charge in [-0.1, -0.05) is 24.3 Å². The molecule has 22 heavy (non-hydrogen) atoms. The molecule has 1 aliphatic rings. The molecule has 1 aromatic heterocycles. The number of aromatic nitrogens is 3. The number of morpholine rings is 1. The summed E-state index contributed by atoms with van der Waals surface area (Å²) in [6.07, 6.45) is -0.628. The Morgan fingerprint density at radius 1 is 1.41 bits per heavy atom. The van der Waals surface area contributed by atoms with Gasteiger partial charge in [-0.05, 0) is 25.0 Å². The summed E-state index contributed by atoms with van der Waals surface area (Å²) in [5.74, 6) is 1.48. The van der Waals surface area contributed by atoms with Crippen LogP contribution in [0.4, 0.5) is 0 Å². The van der Waals surface area contributed by atoms with Crippen LogP contribution in [-0.4, -0.2) is 51.4 Å². The third-order valence-electron chi connectivity index (χ3n) is 4.03. The molecule has 0 amide bonds. The Bertz CT molecular complexity index is 628. The van der Waals surface area contributed by atoms with Gasteiger partial charge in [0.1, 0.15) is 11.9 Å². The van der Waals surface area contributed by atoms with Crippen LogP contribution in [0, 0.1) is 13.8 Å². The molecule has 2 atom stereocenters. The average Bonchev–Trinajstić information content (AvgIpc) is 2.94. The number of rotatable bonds is 4. The fourth-order valence-corrected chi connectivity index (χ4v) is 2.83. The Balaban J connectivity index is 1.64. The summed E-state index contributed by atoms with van der Waals surface area (Å²) in [5.41, 5.74) is 2.10. The molecule has 0 spiro atoms. The molecule has 2 N–H and O–H groups in total. The average molecular weight is 302 g/mol. The number of ether oxygens (including phenoxy) is 1. The van der Waals surface area contributed by atoms with Crippen molar-refractivity contribution in [3.05, 3.63) is 47.0 Å². The lowest BCUT2D eigenvalue weighted by atomic mass is 10.0. The first-order chi connectivity index (χ1) is 10.6. The standard InChI is InChI=1S/C16H22N4O2/c1-11-5-3-4-6-13(11)14(21)9-20-7-8-22-15(10-20)16-17-12(2)18-19-16/h3-6,14-15,21H,7-10H2,1-2H3,(H,17,18,19)/t14-,15+/m0/s1. The van der Waals surface area contributed by atoms with E-state index >= 15 is 0 Å². The first kappa shape index (κ1) is 15.1. The smallest absolute Gasteiger partial charge is 0.180 e. The second kappa shape index (κ2) is 6.56. The SMILES string of the molecule is Cc1nc([C@H]2CN(C[C@H](O)c3ccccc3C)CCO2)n[nH]1. The number of aliphatic hydroxyl groups excluding tert-OH is 1. The molecule has 0 unspecified atom stereocenters. The molecular formula is C16H22N4O2. The molecule has 6 nitrogen and oxygen atoms in total. The van der Waals surface area contributed by atoms with Crippen LogP contribution >= 0.6 is 0 Å². The first-order valence-corrected chi connectivity index (χ1v) is 7.60. The molecule has 0 radical (unpaired) electrons. The molecule has 118 valence electrons. The lowest BCUT2D eigenvalue weighted by molar-refractivity contribution is -0.0461. The number of benzene rings is 1. The number of nitrogens with zero attached hydrogens (tertiary/aromatic N) is 3. The van der Waals surface area contributed by atoms with Gasteiger partial charge in [0.2, 0.25) is 0 Å². The number of aromatic amines is 1. The van der Waals surface area contributed by atoms with Crippen LogP contribution in [0.25, 0.3) is 0 Å². The Morgan fingerprint density at radius 3 is 2.95 bits per heavy atom. The third-order valence-corrected chi connectivity index (χ3v) is 4.03. The summed E-state index contributed by atoms with van der Waals surface area (Å²) in [6, 6.07) is 7.96. The van der Waals surface area contributed by atoms with Crippen LogP contribution in [0.2, 0.25) is 0 Å². The summed E-state index contributed by atoms with van der Waals surface area (Å²) >= 11 is 0. The largest absolute Gasteiger partial charge is 0.387 e. The Labute approximate surface area is 130 Å². The van der Waals surface area contributed by atoms with Gasteiger partial charge in [-0.15, -0.1) is 0 Å². The molecule has 0 aliphatic carbocycles. The van der Waals surface area contributed by atoms with E-state index in [1.165, 1.54) is 0 Å². The number of aryl methyl sites for hydroxylation is 2. The van der Waals surface area contributed by atoms with Gasteiger partial charge in [0.05, 0.1) is 12.7 Å². The predicted molar refractivity (Wildman–Crippen MR) is 82.4 cm³/mol. The van der Waals surface area contributed by atoms with Gasteiger partial charge in [-0.3, -0.25) is 10.00 Å². The molecular weight excluding hydrogens is 280 g/mol. The highest BCUT2D eigenvalue weighted by atomic mass is 16.5. The highest BCUT2D eigenvalue weighted by Crippen LogP contribution is 2.23. The van der Waals surface area contributed by atoms with E-state index < -0.39 is 6.10 Å². The Kier molecular flexibility index (Phi) is 4.52. The molecule has 0 saturated carbocycles. The molecule has 2 aromatic rings. The summed E-state index contributed by atoms with van der Waals surface area (Å²) in [5, 5.41) is 17.5. The predicted octanol–water partition coefficient (Wildman–Crippen LogP) is 1.53. The summed E-state index contributed by atoms with van der Waals surface area (Å²) in [7, 11) is 0. The van der Waals surface area contributed by atoms with E-state index in [1.807, 2.05) is 38.1 Å². The summed E-state index contributed by atoms with van der Waals surface area (Å²) in [6.45, 7) is 6.62. The minimum absolute atomic E-state index is 0.136. The highest BCUT2D eigenvalue weighted by molar-refractivity contribution is 5.27. The second-order valence-corrected chi connectivity index (χ2v) is 5.77. The van der Waals surface area contributed by atoms with E-state index in [-0.39, 0.29) is 6.10 Å². The molecule has 1 saturated heterocycles. The van der Waals surface area contributed by atoms with E-state index in [2.05, 4.69) is 20.1 Å². The van der Waals surface area contributed by atoms with Crippen LogP contribution in [0.3, 0.4) is 0 Å². The van der Waals surface area contributed by atoms with Gasteiger partial charge in [0.15, 0.2) is 5.82 Å².